The Labute approximate surface area is 146 Å². The van der Waals surface area contributed by atoms with Gasteiger partial charge >= 0.3 is 0 Å². The van der Waals surface area contributed by atoms with Crippen molar-refractivity contribution in [1.82, 2.24) is 9.55 Å². The Bertz CT molecular complexity index is 667. The summed E-state index contributed by atoms with van der Waals surface area (Å²) in [6.45, 7) is 2.64. The van der Waals surface area contributed by atoms with E-state index >= 15 is 0 Å². The molecule has 1 aromatic heterocycles. The third-order valence-corrected chi connectivity index (χ3v) is 4.41. The average molecular weight is 349 g/mol. The first-order valence-corrected chi connectivity index (χ1v) is 8.62. The van der Waals surface area contributed by atoms with Crippen molar-refractivity contribution in [2.24, 2.45) is 5.92 Å². The van der Waals surface area contributed by atoms with Crippen LogP contribution in [-0.4, -0.2) is 35.2 Å². The van der Waals surface area contributed by atoms with Crippen LogP contribution < -0.4 is 4.74 Å². The molecule has 0 radical (unpaired) electrons. The summed E-state index contributed by atoms with van der Waals surface area (Å²) in [4.78, 5) is 16.8. The predicted molar refractivity (Wildman–Crippen MR) is 91.7 cm³/mol. The van der Waals surface area contributed by atoms with Gasteiger partial charge in [0.25, 0.3) is 0 Å². The highest BCUT2D eigenvalue weighted by molar-refractivity contribution is 6.31. The Balaban J connectivity index is 1.62. The van der Waals surface area contributed by atoms with Crippen molar-refractivity contribution in [3.8, 4) is 5.75 Å². The lowest BCUT2D eigenvalue weighted by Gasteiger charge is -2.22. The van der Waals surface area contributed by atoms with Crippen LogP contribution in [0.2, 0.25) is 5.02 Å². The van der Waals surface area contributed by atoms with Gasteiger partial charge in [0, 0.05) is 43.1 Å². The monoisotopic (exact) mass is 348 g/mol. The minimum atomic E-state index is -0.00878. The van der Waals surface area contributed by atoms with Gasteiger partial charge in [-0.05, 0) is 37.5 Å². The van der Waals surface area contributed by atoms with Crippen LogP contribution >= 0.6 is 11.6 Å². The van der Waals surface area contributed by atoms with Gasteiger partial charge in [0.1, 0.15) is 5.75 Å². The van der Waals surface area contributed by atoms with Crippen LogP contribution in [-0.2, 0) is 11.3 Å². The molecule has 0 bridgehead atoms. The van der Waals surface area contributed by atoms with E-state index in [0.29, 0.717) is 36.2 Å². The summed E-state index contributed by atoms with van der Waals surface area (Å²) in [7, 11) is 0. The minimum Gasteiger partial charge on any atom is -0.493 e. The predicted octanol–water partition coefficient (Wildman–Crippen LogP) is 3.61. The molecule has 1 aliphatic rings. The Hall–Kier alpha value is -1.85. The first-order valence-electron chi connectivity index (χ1n) is 8.24. The van der Waals surface area contributed by atoms with Gasteiger partial charge in [0.2, 0.25) is 0 Å². The van der Waals surface area contributed by atoms with Crippen molar-refractivity contribution in [3.05, 3.63) is 47.5 Å². The lowest BCUT2D eigenvalue weighted by molar-refractivity contribution is 0.0542. The van der Waals surface area contributed by atoms with Gasteiger partial charge in [-0.1, -0.05) is 11.6 Å². The lowest BCUT2D eigenvalue weighted by atomic mass is 9.90. The lowest BCUT2D eigenvalue weighted by Crippen LogP contribution is -2.24. The summed E-state index contributed by atoms with van der Waals surface area (Å²) in [6, 6.07) is 5.25. The number of hydrogen-bond acceptors (Lipinski definition) is 4. The average Bonchev–Trinajstić information content (AvgIpc) is 3.13. The fourth-order valence-electron chi connectivity index (χ4n) is 2.85. The van der Waals surface area contributed by atoms with Gasteiger partial charge in [0.05, 0.1) is 18.5 Å². The molecule has 0 spiro atoms. The standard InChI is InChI=1S/C18H21ClN2O3/c19-15-2-3-17(24-9-1-7-21-8-6-20-13-21)16(12-15)18(22)14-4-10-23-11-5-14/h2-3,6,8,12-14H,1,4-5,7,9-11H2. The SMILES string of the molecule is O=C(c1cc(Cl)ccc1OCCCn1ccnc1)C1CCOCC1. The number of aryl methyl sites for hydroxylation is 1. The fraction of sp³-hybridized carbons (Fsp3) is 0.444. The molecular formula is C18H21ClN2O3. The number of benzene rings is 1. The largest absolute Gasteiger partial charge is 0.493 e. The normalized spacial score (nSPS) is 15.4. The number of Topliss-reactive ketones (excluding diaryl/α,β-unsaturated/α-hetero) is 1. The summed E-state index contributed by atoms with van der Waals surface area (Å²) in [6.07, 6.45) is 7.80. The van der Waals surface area contributed by atoms with E-state index in [1.807, 2.05) is 10.8 Å². The third kappa shape index (κ3) is 4.36. The molecule has 0 amide bonds. The van der Waals surface area contributed by atoms with Crippen molar-refractivity contribution in [2.45, 2.75) is 25.8 Å². The number of carbonyl (C=O) groups is 1. The number of halogens is 1. The molecule has 1 aliphatic heterocycles. The van der Waals surface area contributed by atoms with Crippen molar-refractivity contribution in [2.75, 3.05) is 19.8 Å². The molecule has 128 valence electrons. The van der Waals surface area contributed by atoms with Gasteiger partial charge in [0.15, 0.2) is 5.78 Å². The molecule has 0 aliphatic carbocycles. The number of imidazole rings is 1. The van der Waals surface area contributed by atoms with E-state index in [0.717, 1.165) is 25.8 Å². The van der Waals surface area contributed by atoms with Crippen LogP contribution in [0.3, 0.4) is 0 Å². The van der Waals surface area contributed by atoms with Gasteiger partial charge < -0.3 is 14.0 Å². The maximum absolute atomic E-state index is 12.8. The Morgan fingerprint density at radius 2 is 2.21 bits per heavy atom. The molecule has 5 nitrogen and oxygen atoms in total. The van der Waals surface area contributed by atoms with E-state index in [1.54, 1.807) is 30.7 Å². The second kappa shape index (κ2) is 8.31. The molecule has 6 heteroatoms. The zero-order valence-corrected chi connectivity index (χ0v) is 14.2. The van der Waals surface area contributed by atoms with Crippen molar-refractivity contribution >= 4 is 17.4 Å². The molecule has 2 aromatic rings. The van der Waals surface area contributed by atoms with E-state index in [9.17, 15) is 4.79 Å². The third-order valence-electron chi connectivity index (χ3n) is 4.18. The van der Waals surface area contributed by atoms with Crippen LogP contribution in [0.4, 0.5) is 0 Å². The van der Waals surface area contributed by atoms with E-state index in [4.69, 9.17) is 21.1 Å². The first kappa shape index (κ1) is 17.0. The van der Waals surface area contributed by atoms with E-state index in [-0.39, 0.29) is 11.7 Å². The number of ether oxygens (including phenoxy) is 2. The molecule has 24 heavy (non-hydrogen) atoms. The molecule has 2 heterocycles. The maximum Gasteiger partial charge on any atom is 0.169 e. The van der Waals surface area contributed by atoms with Crippen LogP contribution in [0.5, 0.6) is 5.75 Å². The van der Waals surface area contributed by atoms with Crippen molar-refractivity contribution in [1.29, 1.82) is 0 Å². The summed E-state index contributed by atoms with van der Waals surface area (Å²) in [5.41, 5.74) is 0.581. The van der Waals surface area contributed by atoms with Crippen LogP contribution in [0, 0.1) is 5.92 Å². The highest BCUT2D eigenvalue weighted by Crippen LogP contribution is 2.29. The first-order chi connectivity index (χ1) is 11.7. The fourth-order valence-corrected chi connectivity index (χ4v) is 3.02. The Kier molecular flexibility index (Phi) is 5.88. The van der Waals surface area contributed by atoms with Gasteiger partial charge in [-0.15, -0.1) is 0 Å². The second-order valence-electron chi connectivity index (χ2n) is 5.89. The molecule has 0 unspecified atom stereocenters. The number of ketones is 1. The molecule has 0 atom stereocenters. The zero-order valence-electron chi connectivity index (χ0n) is 13.5. The van der Waals surface area contributed by atoms with E-state index < -0.39 is 0 Å². The summed E-state index contributed by atoms with van der Waals surface area (Å²) in [5, 5.41) is 0.552. The topological polar surface area (TPSA) is 53.4 Å². The molecule has 1 fully saturated rings. The van der Waals surface area contributed by atoms with E-state index in [1.165, 1.54) is 0 Å². The van der Waals surface area contributed by atoms with Crippen LogP contribution in [0.1, 0.15) is 29.6 Å². The molecular weight excluding hydrogens is 328 g/mol. The number of rotatable bonds is 7. The summed E-state index contributed by atoms with van der Waals surface area (Å²) >= 11 is 6.09. The highest BCUT2D eigenvalue weighted by atomic mass is 35.5. The van der Waals surface area contributed by atoms with Gasteiger partial charge in [-0.3, -0.25) is 4.79 Å². The molecule has 3 rings (SSSR count). The minimum absolute atomic E-state index is 0.00878. The number of hydrogen-bond donors (Lipinski definition) is 0. The Morgan fingerprint density at radius 1 is 1.38 bits per heavy atom. The maximum atomic E-state index is 12.8. The smallest absolute Gasteiger partial charge is 0.169 e. The van der Waals surface area contributed by atoms with Crippen LogP contribution in [0.15, 0.2) is 36.9 Å². The molecule has 1 aromatic carbocycles. The molecule has 0 saturated carbocycles. The van der Waals surface area contributed by atoms with Gasteiger partial charge in [-0.25, -0.2) is 4.98 Å². The highest BCUT2D eigenvalue weighted by Gasteiger charge is 2.25. The zero-order chi connectivity index (χ0) is 16.8. The van der Waals surface area contributed by atoms with Crippen molar-refractivity contribution < 1.29 is 14.3 Å². The van der Waals surface area contributed by atoms with E-state index in [2.05, 4.69) is 4.98 Å². The quantitative estimate of drug-likeness (QED) is 0.566. The summed E-state index contributed by atoms with van der Waals surface area (Å²) < 4.78 is 13.2. The van der Waals surface area contributed by atoms with Crippen LogP contribution in [0.25, 0.3) is 0 Å². The van der Waals surface area contributed by atoms with Crippen molar-refractivity contribution in [3.63, 3.8) is 0 Å². The van der Waals surface area contributed by atoms with Gasteiger partial charge in [-0.2, -0.15) is 0 Å². The number of aromatic nitrogens is 2. The summed E-state index contributed by atoms with van der Waals surface area (Å²) in [5.74, 6) is 0.706. The second-order valence-corrected chi connectivity index (χ2v) is 6.33. The Morgan fingerprint density at radius 3 is 2.96 bits per heavy atom. The molecule has 0 N–H and O–H groups in total. The number of nitrogens with zero attached hydrogens (tertiary/aromatic N) is 2. The molecule has 1 saturated heterocycles. The number of carbonyl (C=O) groups excluding carboxylic acids is 1.